The van der Waals surface area contributed by atoms with Gasteiger partial charge in [-0.1, -0.05) is 12.8 Å². The molecule has 0 radical (unpaired) electrons. The van der Waals surface area contributed by atoms with Crippen molar-refractivity contribution in [3.05, 3.63) is 29.3 Å². The summed E-state index contributed by atoms with van der Waals surface area (Å²) in [4.78, 5) is 1.73. The van der Waals surface area contributed by atoms with E-state index in [1.165, 1.54) is 37.8 Å². The lowest BCUT2D eigenvalue weighted by Gasteiger charge is -2.24. The first-order valence-electron chi connectivity index (χ1n) is 6.95. The smallest absolute Gasteiger partial charge is 0.149 e. The van der Waals surface area contributed by atoms with Crippen molar-refractivity contribution < 1.29 is 8.78 Å². The minimum absolute atomic E-state index is 0.103. The third-order valence-corrected chi connectivity index (χ3v) is 3.85. The van der Waals surface area contributed by atoms with Crippen LogP contribution in [-0.4, -0.2) is 20.6 Å². The Kier molecular flexibility index (Phi) is 4.75. The summed E-state index contributed by atoms with van der Waals surface area (Å²) in [7, 11) is 3.54. The summed E-state index contributed by atoms with van der Waals surface area (Å²) < 4.78 is 28.1. The van der Waals surface area contributed by atoms with Gasteiger partial charge in [-0.2, -0.15) is 0 Å². The molecule has 1 aromatic carbocycles. The molecule has 1 aliphatic rings. The zero-order valence-electron chi connectivity index (χ0n) is 11.7. The molecule has 19 heavy (non-hydrogen) atoms. The van der Waals surface area contributed by atoms with Gasteiger partial charge in [0, 0.05) is 20.1 Å². The molecule has 4 heteroatoms. The zero-order chi connectivity index (χ0) is 13.8. The highest BCUT2D eigenvalue weighted by molar-refractivity contribution is 5.50. The van der Waals surface area contributed by atoms with Crippen molar-refractivity contribution in [2.24, 2.45) is 5.92 Å². The van der Waals surface area contributed by atoms with Crippen LogP contribution >= 0.6 is 0 Å². The van der Waals surface area contributed by atoms with E-state index in [-0.39, 0.29) is 5.69 Å². The zero-order valence-corrected chi connectivity index (χ0v) is 11.7. The largest absolute Gasteiger partial charge is 0.370 e. The maximum absolute atomic E-state index is 14.0. The van der Waals surface area contributed by atoms with Crippen LogP contribution in [0.3, 0.4) is 0 Å². The second-order valence-electron chi connectivity index (χ2n) is 5.47. The van der Waals surface area contributed by atoms with Crippen molar-refractivity contribution in [3.63, 3.8) is 0 Å². The number of rotatable bonds is 5. The molecule has 0 amide bonds. The highest BCUT2D eigenvalue weighted by atomic mass is 19.1. The van der Waals surface area contributed by atoms with Gasteiger partial charge in [0.05, 0.1) is 0 Å². The van der Waals surface area contributed by atoms with Gasteiger partial charge in [0.15, 0.2) is 0 Å². The summed E-state index contributed by atoms with van der Waals surface area (Å²) in [6.07, 6.45) is 4.83. The molecule has 1 aliphatic carbocycles. The van der Waals surface area contributed by atoms with E-state index in [4.69, 9.17) is 0 Å². The van der Waals surface area contributed by atoms with E-state index in [1.54, 1.807) is 19.0 Å². The Morgan fingerprint density at radius 2 is 1.79 bits per heavy atom. The Balaban J connectivity index is 2.13. The minimum Gasteiger partial charge on any atom is -0.370 e. The number of halogens is 2. The van der Waals surface area contributed by atoms with Gasteiger partial charge in [-0.3, -0.25) is 0 Å². The molecule has 2 rings (SSSR count). The Labute approximate surface area is 113 Å². The van der Waals surface area contributed by atoms with Crippen molar-refractivity contribution in [3.8, 4) is 0 Å². The molecule has 0 bridgehead atoms. The van der Waals surface area contributed by atoms with Gasteiger partial charge >= 0.3 is 0 Å². The number of benzene rings is 1. The molecule has 0 saturated heterocycles. The standard InChI is InChI=1S/C15H22F2N2/c1-18-9-12-7-13(16)15(14(17)8-12)19(2)10-11-5-3-4-6-11/h7-8,11,18H,3-6,9-10H2,1-2H3. The summed E-state index contributed by atoms with van der Waals surface area (Å²) in [5.41, 5.74) is 0.738. The normalized spacial score (nSPS) is 16.0. The summed E-state index contributed by atoms with van der Waals surface area (Å²) >= 11 is 0. The average molecular weight is 268 g/mol. The first-order valence-corrected chi connectivity index (χ1v) is 6.95. The molecule has 2 nitrogen and oxygen atoms in total. The Morgan fingerprint density at radius 1 is 1.21 bits per heavy atom. The molecule has 0 atom stereocenters. The first kappa shape index (κ1) is 14.3. The average Bonchev–Trinajstić information content (AvgIpc) is 2.81. The Morgan fingerprint density at radius 3 is 2.32 bits per heavy atom. The fourth-order valence-electron chi connectivity index (χ4n) is 2.96. The van der Waals surface area contributed by atoms with E-state index >= 15 is 0 Å². The van der Waals surface area contributed by atoms with Crippen LogP contribution in [0.2, 0.25) is 0 Å². The predicted octanol–water partition coefficient (Wildman–Crippen LogP) is 3.31. The number of anilines is 1. The van der Waals surface area contributed by atoms with Gasteiger partial charge in [0.2, 0.25) is 0 Å². The number of nitrogens with one attached hydrogen (secondary N) is 1. The van der Waals surface area contributed by atoms with Crippen LogP contribution in [0.5, 0.6) is 0 Å². The highest BCUT2D eigenvalue weighted by Crippen LogP contribution is 2.29. The number of hydrogen-bond donors (Lipinski definition) is 1. The Hall–Kier alpha value is -1.16. The first-order chi connectivity index (χ1) is 9.11. The Bertz CT molecular complexity index is 405. The van der Waals surface area contributed by atoms with Gasteiger partial charge < -0.3 is 10.2 Å². The van der Waals surface area contributed by atoms with Crippen LogP contribution in [0.1, 0.15) is 31.2 Å². The quantitative estimate of drug-likeness (QED) is 0.881. The molecule has 0 unspecified atom stereocenters. The van der Waals surface area contributed by atoms with Crippen LogP contribution in [-0.2, 0) is 6.54 Å². The van der Waals surface area contributed by atoms with Crippen molar-refractivity contribution >= 4 is 5.69 Å². The van der Waals surface area contributed by atoms with Crippen LogP contribution in [0.25, 0.3) is 0 Å². The molecule has 0 aromatic heterocycles. The third-order valence-electron chi connectivity index (χ3n) is 3.85. The van der Waals surface area contributed by atoms with Gasteiger partial charge in [-0.25, -0.2) is 8.78 Å². The minimum atomic E-state index is -0.467. The molecule has 0 heterocycles. The predicted molar refractivity (Wildman–Crippen MR) is 74.3 cm³/mol. The van der Waals surface area contributed by atoms with Gasteiger partial charge in [-0.05, 0) is 43.5 Å². The lowest BCUT2D eigenvalue weighted by molar-refractivity contribution is 0.523. The summed E-state index contributed by atoms with van der Waals surface area (Å²) in [6.45, 7) is 1.21. The molecular formula is C15H22F2N2. The lowest BCUT2D eigenvalue weighted by atomic mass is 10.1. The van der Waals surface area contributed by atoms with Crippen LogP contribution in [0.4, 0.5) is 14.5 Å². The van der Waals surface area contributed by atoms with E-state index in [1.807, 2.05) is 0 Å². The summed E-state index contributed by atoms with van der Waals surface area (Å²) in [5, 5.41) is 2.90. The molecule has 0 aliphatic heterocycles. The van der Waals surface area contributed by atoms with Crippen molar-refractivity contribution in [1.29, 1.82) is 0 Å². The van der Waals surface area contributed by atoms with E-state index < -0.39 is 11.6 Å². The molecule has 1 aromatic rings. The summed E-state index contributed by atoms with van der Waals surface area (Å²) in [6, 6.07) is 2.83. The van der Waals surface area contributed by atoms with Gasteiger partial charge in [-0.15, -0.1) is 0 Å². The summed E-state index contributed by atoms with van der Waals surface area (Å²) in [5.74, 6) is -0.364. The molecular weight excluding hydrogens is 246 g/mol. The van der Waals surface area contributed by atoms with Crippen LogP contribution < -0.4 is 10.2 Å². The van der Waals surface area contributed by atoms with Crippen molar-refractivity contribution in [2.75, 3.05) is 25.5 Å². The lowest BCUT2D eigenvalue weighted by Crippen LogP contribution is -2.26. The number of hydrogen-bond acceptors (Lipinski definition) is 2. The van der Waals surface area contributed by atoms with E-state index in [0.717, 1.165) is 6.54 Å². The van der Waals surface area contributed by atoms with E-state index in [9.17, 15) is 8.78 Å². The molecule has 1 fully saturated rings. The van der Waals surface area contributed by atoms with E-state index in [0.29, 0.717) is 18.0 Å². The molecule has 1 saturated carbocycles. The third kappa shape index (κ3) is 3.44. The fourth-order valence-corrected chi connectivity index (χ4v) is 2.96. The fraction of sp³-hybridized carbons (Fsp3) is 0.600. The van der Waals surface area contributed by atoms with Crippen LogP contribution in [0.15, 0.2) is 12.1 Å². The molecule has 106 valence electrons. The molecule has 1 N–H and O–H groups in total. The van der Waals surface area contributed by atoms with Crippen LogP contribution in [0, 0.1) is 17.6 Å². The maximum atomic E-state index is 14.0. The highest BCUT2D eigenvalue weighted by Gasteiger charge is 2.21. The topological polar surface area (TPSA) is 15.3 Å². The molecule has 0 spiro atoms. The van der Waals surface area contributed by atoms with Crippen molar-refractivity contribution in [1.82, 2.24) is 5.32 Å². The van der Waals surface area contributed by atoms with Gasteiger partial charge in [0.25, 0.3) is 0 Å². The monoisotopic (exact) mass is 268 g/mol. The van der Waals surface area contributed by atoms with E-state index in [2.05, 4.69) is 5.32 Å². The number of nitrogens with zero attached hydrogens (tertiary/aromatic N) is 1. The second-order valence-corrected chi connectivity index (χ2v) is 5.47. The second kappa shape index (κ2) is 6.33. The maximum Gasteiger partial charge on any atom is 0.149 e. The van der Waals surface area contributed by atoms with Gasteiger partial charge in [0.1, 0.15) is 17.3 Å². The SMILES string of the molecule is CNCc1cc(F)c(N(C)CC2CCCC2)c(F)c1. The van der Waals surface area contributed by atoms with Crippen molar-refractivity contribution in [2.45, 2.75) is 32.2 Å².